The number of hydrogen-bond donors (Lipinski definition) is 0. The molecule has 1 rings (SSSR count). The summed E-state index contributed by atoms with van der Waals surface area (Å²) in [5.74, 6) is 0. The van der Waals surface area contributed by atoms with E-state index in [9.17, 15) is 0 Å². The Hall–Kier alpha value is 3.18. The number of halogens is 6. The van der Waals surface area contributed by atoms with Crippen molar-refractivity contribution in [3.63, 3.8) is 0 Å². The van der Waals surface area contributed by atoms with Crippen molar-refractivity contribution in [2.24, 2.45) is 0 Å². The SMILES string of the molecule is [CH3][Sn]1([CH3])[O]C(C(Cl)(Cl)Cl)[O][Sn]([CH3])([CH3])[O]C(C(Cl)(Cl)Cl)[O]1. The molecular weight excluding hydrogens is 610 g/mol. The van der Waals surface area contributed by atoms with Gasteiger partial charge in [-0.05, 0) is 0 Å². The van der Waals surface area contributed by atoms with Crippen molar-refractivity contribution < 1.29 is 12.3 Å². The molecule has 4 nitrogen and oxygen atoms in total. The Bertz CT molecular complexity index is 306. The maximum absolute atomic E-state index is 5.88. The summed E-state index contributed by atoms with van der Waals surface area (Å²) >= 11 is 28.1. The molecule has 0 aliphatic carbocycles. The van der Waals surface area contributed by atoms with Crippen molar-refractivity contribution in [1.82, 2.24) is 0 Å². The Labute approximate surface area is 158 Å². The van der Waals surface area contributed by atoms with Crippen molar-refractivity contribution in [2.45, 2.75) is 39.9 Å². The molecule has 0 amide bonds. The molecule has 1 heterocycles. The van der Waals surface area contributed by atoms with Crippen LogP contribution in [-0.2, 0) is 12.3 Å². The fraction of sp³-hybridized carbons (Fsp3) is 1.00. The van der Waals surface area contributed by atoms with Crippen molar-refractivity contribution in [3.8, 4) is 0 Å². The molecule has 0 radical (unpaired) electrons. The van der Waals surface area contributed by atoms with Gasteiger partial charge in [-0.3, -0.25) is 0 Å². The molecule has 1 aliphatic heterocycles. The molecule has 12 heteroatoms. The van der Waals surface area contributed by atoms with E-state index in [1.807, 2.05) is 0 Å². The van der Waals surface area contributed by atoms with Gasteiger partial charge in [0.1, 0.15) is 0 Å². The van der Waals surface area contributed by atoms with Crippen molar-refractivity contribution in [2.75, 3.05) is 0 Å². The van der Waals surface area contributed by atoms with E-state index >= 15 is 0 Å². The van der Waals surface area contributed by atoms with Crippen molar-refractivity contribution in [1.29, 1.82) is 0 Å². The second-order valence-electron chi connectivity index (χ2n) is 5.02. The van der Waals surface area contributed by atoms with E-state index in [-0.39, 0.29) is 0 Å². The Morgan fingerprint density at radius 1 is 0.600 bits per heavy atom. The van der Waals surface area contributed by atoms with E-state index in [0.29, 0.717) is 0 Å². The molecule has 0 atom stereocenters. The van der Waals surface area contributed by atoms with Crippen LogP contribution in [0, 0.1) is 0 Å². The van der Waals surface area contributed by atoms with Crippen LogP contribution in [0.4, 0.5) is 0 Å². The quantitative estimate of drug-likeness (QED) is 0.285. The molecule has 120 valence electrons. The van der Waals surface area contributed by atoms with Crippen LogP contribution in [0.25, 0.3) is 0 Å². The van der Waals surface area contributed by atoms with Crippen LogP contribution >= 0.6 is 69.6 Å². The van der Waals surface area contributed by atoms with E-state index in [4.69, 9.17) is 81.9 Å². The predicted octanol–water partition coefficient (Wildman–Crippen LogP) is 4.86. The van der Waals surface area contributed by atoms with Crippen LogP contribution in [0.3, 0.4) is 0 Å². The Morgan fingerprint density at radius 3 is 0.950 bits per heavy atom. The summed E-state index contributed by atoms with van der Waals surface area (Å²) in [6, 6.07) is 0. The molecule has 1 aliphatic rings. The van der Waals surface area contributed by atoms with Crippen LogP contribution in [0.15, 0.2) is 0 Å². The van der Waals surface area contributed by atoms with Crippen LogP contribution in [0.1, 0.15) is 0 Å². The fourth-order valence-corrected chi connectivity index (χ4v) is 14.8. The molecule has 0 unspecified atom stereocenters. The maximum atomic E-state index is 5.88. The molecule has 0 bridgehead atoms. The van der Waals surface area contributed by atoms with Gasteiger partial charge in [-0.1, -0.05) is 0 Å². The fourth-order valence-electron chi connectivity index (χ4n) is 1.40. The first-order chi connectivity index (χ1) is 8.62. The summed E-state index contributed by atoms with van der Waals surface area (Å²) < 4.78 is 19.6. The molecule has 0 saturated carbocycles. The first-order valence-corrected chi connectivity index (χ1v) is 23.8. The Balaban J connectivity index is 3.06. The topological polar surface area (TPSA) is 36.9 Å². The third kappa shape index (κ3) is 6.97. The van der Waals surface area contributed by atoms with Crippen LogP contribution in [0.2, 0.25) is 19.8 Å². The van der Waals surface area contributed by atoms with Gasteiger partial charge in [0.15, 0.2) is 0 Å². The standard InChI is InChI=1S/2C2HCl3O2.4CH3.2Sn/c2*3-2(4,5)1(6)7;;;;;;/h2*1H;4*1H3;;/q2*-2;;;;;2*+2. The Morgan fingerprint density at radius 2 is 0.800 bits per heavy atom. The number of hydrogen-bond acceptors (Lipinski definition) is 4. The normalized spacial score (nSPS) is 31.5. The molecule has 0 N–H and O–H groups in total. The first kappa shape index (κ1) is 21.2. The zero-order valence-corrected chi connectivity index (χ0v) is 21.3. The van der Waals surface area contributed by atoms with E-state index in [1.54, 1.807) is 19.8 Å². The first-order valence-electron chi connectivity index (χ1n) is 5.47. The summed E-state index contributed by atoms with van der Waals surface area (Å²) in [5, 5.41) is 0. The Kier molecular flexibility index (Phi) is 7.64. The van der Waals surface area contributed by atoms with Gasteiger partial charge in [0, 0.05) is 0 Å². The minimum absolute atomic E-state index is 1.06. The van der Waals surface area contributed by atoms with Crippen LogP contribution in [0.5, 0.6) is 0 Å². The van der Waals surface area contributed by atoms with Gasteiger partial charge in [0.05, 0.1) is 0 Å². The van der Waals surface area contributed by atoms with Gasteiger partial charge < -0.3 is 0 Å². The van der Waals surface area contributed by atoms with Crippen molar-refractivity contribution >= 4 is 108 Å². The van der Waals surface area contributed by atoms with E-state index in [0.717, 1.165) is 0 Å². The van der Waals surface area contributed by atoms with Gasteiger partial charge in [0.25, 0.3) is 0 Å². The number of rotatable bonds is 0. The predicted molar refractivity (Wildman–Crippen MR) is 87.5 cm³/mol. The van der Waals surface area contributed by atoms with Gasteiger partial charge in [-0.2, -0.15) is 0 Å². The summed E-state index contributed by atoms with van der Waals surface area (Å²) in [7, 11) is 0. The van der Waals surface area contributed by atoms with Gasteiger partial charge in [-0.15, -0.1) is 0 Å². The molecule has 0 aromatic rings. The van der Waals surface area contributed by atoms with Gasteiger partial charge in [-0.25, -0.2) is 0 Å². The second-order valence-corrected chi connectivity index (χ2v) is 28.4. The number of alkyl halides is 6. The molecule has 20 heavy (non-hydrogen) atoms. The molecular formula is C8H14Cl6O4Sn2. The van der Waals surface area contributed by atoms with E-state index < -0.39 is 58.6 Å². The summed E-state index contributed by atoms with van der Waals surface area (Å²) in [6.07, 6.45) is -2.11. The third-order valence-electron chi connectivity index (χ3n) is 2.10. The molecule has 1 saturated heterocycles. The summed E-state index contributed by atoms with van der Waals surface area (Å²) in [6.45, 7) is 0. The third-order valence-corrected chi connectivity index (χ3v) is 12.1. The average molecular weight is 624 g/mol. The van der Waals surface area contributed by atoms with E-state index in [2.05, 4.69) is 0 Å². The molecule has 1 fully saturated rings. The zero-order valence-electron chi connectivity index (χ0n) is 11.1. The second kappa shape index (κ2) is 7.20. The van der Waals surface area contributed by atoms with Crippen LogP contribution < -0.4 is 0 Å². The van der Waals surface area contributed by atoms with Gasteiger partial charge >= 0.3 is 160 Å². The van der Waals surface area contributed by atoms with Crippen molar-refractivity contribution in [3.05, 3.63) is 0 Å². The monoisotopic (exact) mass is 624 g/mol. The average Bonchev–Trinajstić information content (AvgIpc) is 2.08. The van der Waals surface area contributed by atoms with Crippen LogP contribution in [-0.4, -0.2) is 58.6 Å². The molecule has 0 aromatic heterocycles. The van der Waals surface area contributed by atoms with Gasteiger partial charge in [0.2, 0.25) is 0 Å². The zero-order chi connectivity index (χ0) is 16.0. The summed E-state index contributed by atoms with van der Waals surface area (Å²) in [4.78, 5) is 7.12. The minimum atomic E-state index is -3.60. The summed E-state index contributed by atoms with van der Waals surface area (Å²) in [5.41, 5.74) is 0. The molecule has 0 spiro atoms. The molecule has 0 aromatic carbocycles. The van der Waals surface area contributed by atoms with E-state index in [1.165, 1.54) is 0 Å².